The van der Waals surface area contributed by atoms with Gasteiger partial charge in [0.25, 0.3) is 0 Å². The lowest BCUT2D eigenvalue weighted by Gasteiger charge is -2.37. The third-order valence-electron chi connectivity index (χ3n) is 7.30. The van der Waals surface area contributed by atoms with Gasteiger partial charge < -0.3 is 10.2 Å². The summed E-state index contributed by atoms with van der Waals surface area (Å²) in [7, 11) is -3.54. The lowest BCUT2D eigenvalue weighted by molar-refractivity contribution is -0.140. The SMILES string of the molecule is Cc1ccc(S(=O)(=O)N2CCC(C(=O)N3CCC(C(=O)NC(C)c4ccccc4)CC3)CC2)cc1. The van der Waals surface area contributed by atoms with Gasteiger partial charge in [-0.25, -0.2) is 8.42 Å². The Labute approximate surface area is 208 Å². The smallest absolute Gasteiger partial charge is 0.243 e. The molecule has 2 fully saturated rings. The van der Waals surface area contributed by atoms with Crippen LogP contribution in [0.25, 0.3) is 0 Å². The molecule has 0 radical (unpaired) electrons. The number of piperidine rings is 2. The summed E-state index contributed by atoms with van der Waals surface area (Å²) in [5.74, 6) is -0.119. The molecule has 2 amide bonds. The maximum Gasteiger partial charge on any atom is 0.243 e. The van der Waals surface area contributed by atoms with Gasteiger partial charge in [0.15, 0.2) is 0 Å². The lowest BCUT2D eigenvalue weighted by atomic mass is 9.92. The van der Waals surface area contributed by atoms with Crippen molar-refractivity contribution >= 4 is 21.8 Å². The summed E-state index contributed by atoms with van der Waals surface area (Å²) in [6.07, 6.45) is 2.36. The number of carbonyl (C=O) groups excluding carboxylic acids is 2. The third-order valence-corrected chi connectivity index (χ3v) is 9.21. The summed E-state index contributed by atoms with van der Waals surface area (Å²) in [5, 5.41) is 3.10. The van der Waals surface area contributed by atoms with Crippen LogP contribution in [-0.4, -0.2) is 55.6 Å². The number of amides is 2. The Morgan fingerprint density at radius 1 is 0.857 bits per heavy atom. The van der Waals surface area contributed by atoms with Crippen LogP contribution in [0, 0.1) is 18.8 Å². The maximum absolute atomic E-state index is 13.1. The molecule has 2 saturated heterocycles. The molecule has 1 atom stereocenters. The number of nitrogens with zero attached hydrogens (tertiary/aromatic N) is 2. The molecule has 2 aliphatic heterocycles. The van der Waals surface area contributed by atoms with E-state index < -0.39 is 10.0 Å². The number of carbonyl (C=O) groups is 2. The Bertz CT molecular complexity index is 1120. The van der Waals surface area contributed by atoms with E-state index in [0.717, 1.165) is 11.1 Å². The number of benzene rings is 2. The third kappa shape index (κ3) is 5.93. The molecule has 35 heavy (non-hydrogen) atoms. The van der Waals surface area contributed by atoms with Crippen molar-refractivity contribution in [2.75, 3.05) is 26.2 Å². The van der Waals surface area contributed by atoms with Crippen LogP contribution < -0.4 is 5.32 Å². The quantitative estimate of drug-likeness (QED) is 0.662. The average molecular weight is 498 g/mol. The van der Waals surface area contributed by atoms with Gasteiger partial charge in [0.1, 0.15) is 0 Å². The molecule has 2 aromatic carbocycles. The summed E-state index contributed by atoms with van der Waals surface area (Å²) in [5.41, 5.74) is 2.09. The molecule has 4 rings (SSSR count). The van der Waals surface area contributed by atoms with Crippen molar-refractivity contribution < 1.29 is 18.0 Å². The Kier molecular flexibility index (Phi) is 7.91. The van der Waals surface area contributed by atoms with E-state index in [1.165, 1.54) is 4.31 Å². The van der Waals surface area contributed by atoms with Crippen molar-refractivity contribution in [2.24, 2.45) is 11.8 Å². The number of hydrogen-bond acceptors (Lipinski definition) is 4. The number of nitrogens with one attached hydrogen (secondary N) is 1. The minimum absolute atomic E-state index is 0.0445. The molecule has 2 aromatic rings. The molecular weight excluding hydrogens is 462 g/mol. The molecule has 1 N–H and O–H groups in total. The summed E-state index contributed by atoms with van der Waals surface area (Å²) in [6.45, 7) is 5.74. The first-order valence-corrected chi connectivity index (χ1v) is 13.9. The Hall–Kier alpha value is -2.71. The van der Waals surface area contributed by atoms with Gasteiger partial charge in [-0.05, 0) is 57.2 Å². The summed E-state index contributed by atoms with van der Waals surface area (Å²) in [6, 6.07) is 16.7. The fraction of sp³-hybridized carbons (Fsp3) is 0.481. The van der Waals surface area contributed by atoms with Crippen LogP contribution in [0.15, 0.2) is 59.5 Å². The van der Waals surface area contributed by atoms with Crippen molar-refractivity contribution in [3.05, 3.63) is 65.7 Å². The second-order valence-corrected chi connectivity index (χ2v) is 11.7. The molecular formula is C27H35N3O4S. The highest BCUT2D eigenvalue weighted by Gasteiger charge is 2.35. The van der Waals surface area contributed by atoms with E-state index in [-0.39, 0.29) is 29.7 Å². The molecule has 2 heterocycles. The first-order chi connectivity index (χ1) is 16.8. The monoisotopic (exact) mass is 497 g/mol. The highest BCUT2D eigenvalue weighted by molar-refractivity contribution is 7.89. The first-order valence-electron chi connectivity index (χ1n) is 12.5. The van der Waals surface area contributed by atoms with Crippen LogP contribution in [0.2, 0.25) is 0 Å². The first kappa shape index (κ1) is 25.4. The van der Waals surface area contributed by atoms with Crippen LogP contribution in [0.5, 0.6) is 0 Å². The Morgan fingerprint density at radius 2 is 1.43 bits per heavy atom. The zero-order valence-corrected chi connectivity index (χ0v) is 21.3. The van der Waals surface area contributed by atoms with Crippen molar-refractivity contribution in [3.63, 3.8) is 0 Å². The van der Waals surface area contributed by atoms with Gasteiger partial charge in [0.2, 0.25) is 21.8 Å². The Balaban J connectivity index is 1.25. The van der Waals surface area contributed by atoms with Crippen LogP contribution in [-0.2, 0) is 19.6 Å². The predicted octanol–water partition coefficient (Wildman–Crippen LogP) is 3.51. The average Bonchev–Trinajstić information content (AvgIpc) is 2.89. The van der Waals surface area contributed by atoms with Gasteiger partial charge in [-0.2, -0.15) is 4.31 Å². The zero-order chi connectivity index (χ0) is 25.0. The van der Waals surface area contributed by atoms with Crippen molar-refractivity contribution in [3.8, 4) is 0 Å². The van der Waals surface area contributed by atoms with Gasteiger partial charge in [-0.15, -0.1) is 0 Å². The predicted molar refractivity (Wildman–Crippen MR) is 135 cm³/mol. The van der Waals surface area contributed by atoms with E-state index in [1.807, 2.05) is 49.1 Å². The highest BCUT2D eigenvalue weighted by atomic mass is 32.2. The van der Waals surface area contributed by atoms with Crippen LogP contribution >= 0.6 is 0 Å². The topological polar surface area (TPSA) is 86.8 Å². The standard InChI is InChI=1S/C27H35N3O4S/c1-20-8-10-25(11-9-20)35(33,34)30-18-14-24(15-19-30)27(32)29-16-12-23(13-17-29)26(31)28-21(2)22-6-4-3-5-7-22/h3-11,21,23-24H,12-19H2,1-2H3,(H,28,31). The van der Waals surface area contributed by atoms with Crippen LogP contribution in [0.4, 0.5) is 0 Å². The van der Waals surface area contributed by atoms with Crippen molar-refractivity contribution in [1.82, 2.24) is 14.5 Å². The molecule has 188 valence electrons. The van der Waals surface area contributed by atoms with Gasteiger partial charge >= 0.3 is 0 Å². The second kappa shape index (κ2) is 10.9. The lowest BCUT2D eigenvalue weighted by Crippen LogP contribution is -2.48. The summed E-state index contributed by atoms with van der Waals surface area (Å²) < 4.78 is 27.4. The molecule has 0 bridgehead atoms. The molecule has 0 aliphatic carbocycles. The number of sulfonamides is 1. The minimum Gasteiger partial charge on any atom is -0.349 e. The molecule has 0 saturated carbocycles. The van der Waals surface area contributed by atoms with E-state index in [2.05, 4.69) is 5.32 Å². The van der Waals surface area contributed by atoms with Crippen LogP contribution in [0.3, 0.4) is 0 Å². The molecule has 7 nitrogen and oxygen atoms in total. The minimum atomic E-state index is -3.54. The molecule has 8 heteroatoms. The zero-order valence-electron chi connectivity index (χ0n) is 20.5. The normalized spacial score (nSPS) is 19.3. The fourth-order valence-electron chi connectivity index (χ4n) is 4.98. The van der Waals surface area contributed by atoms with Gasteiger partial charge in [-0.3, -0.25) is 9.59 Å². The van der Waals surface area contributed by atoms with Crippen LogP contribution in [0.1, 0.15) is 49.8 Å². The van der Waals surface area contributed by atoms with E-state index in [9.17, 15) is 18.0 Å². The van der Waals surface area contributed by atoms with E-state index >= 15 is 0 Å². The molecule has 0 spiro atoms. The highest BCUT2D eigenvalue weighted by Crippen LogP contribution is 2.27. The maximum atomic E-state index is 13.1. The molecule has 0 aromatic heterocycles. The largest absolute Gasteiger partial charge is 0.349 e. The number of hydrogen-bond donors (Lipinski definition) is 1. The Morgan fingerprint density at radius 3 is 2.03 bits per heavy atom. The van der Waals surface area contributed by atoms with E-state index in [1.54, 1.807) is 24.3 Å². The van der Waals surface area contributed by atoms with Gasteiger partial charge in [0, 0.05) is 38.0 Å². The number of likely N-dealkylation sites (tertiary alicyclic amines) is 1. The van der Waals surface area contributed by atoms with Crippen molar-refractivity contribution in [2.45, 2.75) is 50.5 Å². The molecule has 1 unspecified atom stereocenters. The second-order valence-electron chi connectivity index (χ2n) is 9.73. The molecule has 2 aliphatic rings. The van der Waals surface area contributed by atoms with Gasteiger partial charge in [-0.1, -0.05) is 48.0 Å². The van der Waals surface area contributed by atoms with E-state index in [0.29, 0.717) is 56.8 Å². The fourth-order valence-corrected chi connectivity index (χ4v) is 6.45. The van der Waals surface area contributed by atoms with Crippen molar-refractivity contribution in [1.29, 1.82) is 0 Å². The summed E-state index contributed by atoms with van der Waals surface area (Å²) >= 11 is 0. The number of aryl methyl sites for hydroxylation is 1. The number of rotatable bonds is 6. The summed E-state index contributed by atoms with van der Waals surface area (Å²) in [4.78, 5) is 28.0. The van der Waals surface area contributed by atoms with E-state index in [4.69, 9.17) is 0 Å². The van der Waals surface area contributed by atoms with Gasteiger partial charge in [0.05, 0.1) is 10.9 Å².